The summed E-state index contributed by atoms with van der Waals surface area (Å²) in [6.45, 7) is -1.03. The summed E-state index contributed by atoms with van der Waals surface area (Å²) in [5.41, 5.74) is 0. The van der Waals surface area contributed by atoms with E-state index in [0.717, 1.165) is 0 Å². The minimum Gasteiger partial charge on any atom is -0.388 e. The first-order valence-corrected chi connectivity index (χ1v) is 8.69. The van der Waals surface area contributed by atoms with Crippen molar-refractivity contribution in [3.8, 4) is 0 Å². The van der Waals surface area contributed by atoms with Crippen LogP contribution in [0.5, 0.6) is 0 Å². The molecule has 1 rings (SSSR count). The highest BCUT2D eigenvalue weighted by Crippen LogP contribution is 2.41. The lowest BCUT2D eigenvalue weighted by atomic mass is 9.96. The number of aliphatic hydroxyl groups excluding tert-OH is 4. The van der Waals surface area contributed by atoms with Crippen molar-refractivity contribution < 1.29 is 62.9 Å². The second-order valence-electron chi connectivity index (χ2n) is 4.39. The molecule has 6 atom stereocenters. The van der Waals surface area contributed by atoms with Gasteiger partial charge in [-0.15, -0.1) is 0 Å². The Bertz CT molecular complexity index is 457. The predicted molar refractivity (Wildman–Crippen MR) is 63.8 cm³/mol. The molecule has 0 radical (unpaired) electrons. The molecule has 22 heavy (non-hydrogen) atoms. The molecule has 13 nitrogen and oxygen atoms in total. The summed E-state index contributed by atoms with van der Waals surface area (Å²) in [7, 11) is -10.1. The molecule has 2 unspecified atom stereocenters. The molecule has 1 saturated heterocycles. The van der Waals surface area contributed by atoms with Crippen molar-refractivity contribution in [3.05, 3.63) is 0 Å². The molecule has 1 heterocycles. The second-order valence-corrected chi connectivity index (χ2v) is 6.82. The van der Waals surface area contributed by atoms with Crippen molar-refractivity contribution in [1.29, 1.82) is 0 Å². The average molecular weight is 370 g/mol. The van der Waals surface area contributed by atoms with E-state index in [9.17, 15) is 29.6 Å². The van der Waals surface area contributed by atoms with Crippen LogP contribution in [-0.4, -0.2) is 83.4 Å². The van der Waals surface area contributed by atoms with Crippen LogP contribution in [0.2, 0.25) is 0 Å². The number of phosphoric acid groups is 2. The van der Waals surface area contributed by atoms with Crippen molar-refractivity contribution in [1.82, 2.24) is 0 Å². The Kier molecular flexibility index (Phi) is 6.64. The number of phosphoric ester groups is 2. The number of hydrogen-bond acceptors (Lipinski definition) is 9. The van der Waals surface area contributed by atoms with Crippen LogP contribution < -0.4 is 0 Å². The normalized spacial score (nSPS) is 35.4. The van der Waals surface area contributed by atoms with Crippen molar-refractivity contribution in [2.75, 3.05) is 6.61 Å². The Labute approximate surface area is 123 Å². The van der Waals surface area contributed by atoms with Crippen molar-refractivity contribution in [3.63, 3.8) is 0 Å². The molecule has 8 N–H and O–H groups in total. The number of hydrogen-bond donors (Lipinski definition) is 8. The van der Waals surface area contributed by atoms with Crippen LogP contribution in [0.1, 0.15) is 0 Å². The molecule has 1 aliphatic heterocycles. The molecule has 1 fully saturated rings. The van der Waals surface area contributed by atoms with Crippen LogP contribution in [0.3, 0.4) is 0 Å². The fourth-order valence-electron chi connectivity index (χ4n) is 1.68. The van der Waals surface area contributed by atoms with Gasteiger partial charge >= 0.3 is 15.6 Å². The van der Waals surface area contributed by atoms with E-state index >= 15 is 0 Å². The predicted octanol–water partition coefficient (Wildman–Crippen LogP) is -3.63. The third-order valence-electron chi connectivity index (χ3n) is 2.64. The van der Waals surface area contributed by atoms with E-state index in [-0.39, 0.29) is 0 Å². The van der Waals surface area contributed by atoms with Crippen LogP contribution >= 0.6 is 15.6 Å². The van der Waals surface area contributed by atoms with E-state index < -0.39 is 59.1 Å². The fraction of sp³-hybridized carbons (Fsp3) is 1.00. The van der Waals surface area contributed by atoms with Crippen LogP contribution in [0, 0.1) is 0 Å². The zero-order valence-corrected chi connectivity index (χ0v) is 12.5. The lowest BCUT2D eigenvalue weighted by Gasteiger charge is -2.41. The summed E-state index contributed by atoms with van der Waals surface area (Å²) in [5.74, 6) is 0. The Hall–Kier alpha value is 0.0200. The molecule has 0 spiro atoms. The Balaban J connectivity index is 2.80. The second kappa shape index (κ2) is 7.28. The van der Waals surface area contributed by atoms with Gasteiger partial charge in [0.1, 0.15) is 30.5 Å². The number of rotatable bonds is 6. The van der Waals surface area contributed by atoms with Gasteiger partial charge in [0.2, 0.25) is 0 Å². The van der Waals surface area contributed by atoms with Gasteiger partial charge in [0.05, 0.1) is 6.61 Å². The highest BCUT2D eigenvalue weighted by Gasteiger charge is 2.49. The SMILES string of the molecule is O=P(O)(O)OC[C@@H](O)C1O[C@@H](OP(=O)(O)O)[C@H](O)C(O)[C@@H]1O. The van der Waals surface area contributed by atoms with E-state index in [4.69, 9.17) is 24.3 Å². The van der Waals surface area contributed by atoms with Gasteiger partial charge in [0.15, 0.2) is 6.29 Å². The Morgan fingerprint density at radius 2 is 1.50 bits per heavy atom. The molecule has 0 bridgehead atoms. The van der Waals surface area contributed by atoms with Crippen molar-refractivity contribution in [2.24, 2.45) is 0 Å². The highest BCUT2D eigenvalue weighted by atomic mass is 31.2. The minimum absolute atomic E-state index is 1.03. The minimum atomic E-state index is -5.13. The quantitative estimate of drug-likeness (QED) is 0.212. The molecule has 15 heteroatoms. The van der Waals surface area contributed by atoms with E-state index in [0.29, 0.717) is 0 Å². The molecule has 0 aromatic rings. The monoisotopic (exact) mass is 370 g/mol. The molecule has 0 saturated carbocycles. The number of ether oxygens (including phenoxy) is 1. The maximum atomic E-state index is 10.7. The largest absolute Gasteiger partial charge is 0.472 e. The summed E-state index contributed by atoms with van der Waals surface area (Å²) < 4.78 is 34.0. The van der Waals surface area contributed by atoms with Crippen LogP contribution in [0.4, 0.5) is 0 Å². The molecule has 0 aliphatic carbocycles. The first-order valence-electron chi connectivity index (χ1n) is 5.63. The van der Waals surface area contributed by atoms with E-state index in [2.05, 4.69) is 9.05 Å². The van der Waals surface area contributed by atoms with Gasteiger partial charge < -0.3 is 44.7 Å². The first-order chi connectivity index (χ1) is 9.82. The van der Waals surface area contributed by atoms with Gasteiger partial charge in [0, 0.05) is 0 Å². The van der Waals surface area contributed by atoms with E-state index in [1.807, 2.05) is 0 Å². The molecule has 0 aromatic carbocycles. The summed E-state index contributed by atoms with van der Waals surface area (Å²) in [4.78, 5) is 34.3. The van der Waals surface area contributed by atoms with Gasteiger partial charge in [-0.25, -0.2) is 9.13 Å². The third-order valence-corrected chi connectivity index (χ3v) is 3.61. The average Bonchev–Trinajstić information content (AvgIpc) is 2.34. The molecule has 132 valence electrons. The van der Waals surface area contributed by atoms with Crippen molar-refractivity contribution in [2.45, 2.75) is 36.8 Å². The maximum absolute atomic E-state index is 10.7. The van der Waals surface area contributed by atoms with Crippen LogP contribution in [-0.2, 0) is 22.9 Å². The molecular weight excluding hydrogens is 354 g/mol. The summed E-state index contributed by atoms with van der Waals surface area (Å²) in [6.07, 6.45) is -11.8. The van der Waals surface area contributed by atoms with Gasteiger partial charge in [-0.3, -0.25) is 9.05 Å². The number of aliphatic hydroxyl groups is 4. The highest BCUT2D eigenvalue weighted by molar-refractivity contribution is 7.46. The molecular formula is C7H16O13P2. The lowest BCUT2D eigenvalue weighted by molar-refractivity contribution is -0.292. The Morgan fingerprint density at radius 3 is 1.95 bits per heavy atom. The van der Waals surface area contributed by atoms with E-state index in [1.54, 1.807) is 0 Å². The summed E-state index contributed by atoms with van der Waals surface area (Å²) >= 11 is 0. The fourth-order valence-corrected chi connectivity index (χ4v) is 2.47. The zero-order valence-electron chi connectivity index (χ0n) is 10.7. The van der Waals surface area contributed by atoms with Gasteiger partial charge in [-0.2, -0.15) is 0 Å². The standard InChI is InChI=1S/C7H16O13P2/c8-2(1-18-21(12,13)14)6-4(10)3(9)5(11)7(19-6)20-22(15,16)17/h2-11H,1H2,(H2,12,13,14)(H2,15,16,17)/t2-,3?,4+,5-,6?,7+/m1/s1. The summed E-state index contributed by atoms with van der Waals surface area (Å²) in [6, 6.07) is 0. The van der Waals surface area contributed by atoms with Gasteiger partial charge in [0.25, 0.3) is 0 Å². The molecule has 0 amide bonds. The van der Waals surface area contributed by atoms with E-state index in [1.165, 1.54) is 0 Å². The van der Waals surface area contributed by atoms with Crippen LogP contribution in [0.15, 0.2) is 0 Å². The van der Waals surface area contributed by atoms with Crippen LogP contribution in [0.25, 0.3) is 0 Å². The summed E-state index contributed by atoms with van der Waals surface area (Å²) in [5, 5.41) is 38.3. The smallest absolute Gasteiger partial charge is 0.388 e. The Morgan fingerprint density at radius 1 is 0.955 bits per heavy atom. The molecule has 0 aromatic heterocycles. The van der Waals surface area contributed by atoms with Gasteiger partial charge in [-0.1, -0.05) is 0 Å². The maximum Gasteiger partial charge on any atom is 0.472 e. The lowest BCUT2D eigenvalue weighted by Crippen LogP contribution is -2.61. The topological polar surface area (TPSA) is 224 Å². The van der Waals surface area contributed by atoms with Crippen molar-refractivity contribution >= 4 is 15.6 Å². The zero-order chi connectivity index (χ0) is 17.3. The van der Waals surface area contributed by atoms with Gasteiger partial charge in [-0.05, 0) is 0 Å². The first kappa shape index (κ1) is 20.1. The third kappa shape index (κ3) is 5.91. The molecule has 1 aliphatic rings.